The van der Waals surface area contributed by atoms with Gasteiger partial charge in [-0.3, -0.25) is 4.98 Å². The fraction of sp³-hybridized carbons (Fsp3) is 0.429. The van der Waals surface area contributed by atoms with Crippen LogP contribution in [0.4, 0.5) is 0 Å². The molecule has 0 aromatic carbocycles. The standard InChI is InChI=1S/C14H17N3O3S/c1-2-17(8-5-7-15)21(19,20)14-10-13(11-16-12-14)6-3-4-9-18/h10-12,18H,2,4-5,8-9H2,1H3. The lowest BCUT2D eigenvalue weighted by Gasteiger charge is -2.18. The average molecular weight is 307 g/mol. The predicted molar refractivity (Wildman–Crippen MR) is 77.5 cm³/mol. The maximum atomic E-state index is 12.4. The van der Waals surface area contributed by atoms with E-state index < -0.39 is 10.0 Å². The molecular weight excluding hydrogens is 290 g/mol. The minimum Gasteiger partial charge on any atom is -0.395 e. The van der Waals surface area contributed by atoms with Crippen LogP contribution in [-0.4, -0.2) is 42.5 Å². The van der Waals surface area contributed by atoms with E-state index in [4.69, 9.17) is 10.4 Å². The average Bonchev–Trinajstić information content (AvgIpc) is 2.48. The number of rotatable bonds is 6. The molecule has 0 aliphatic carbocycles. The molecule has 1 aromatic rings. The highest BCUT2D eigenvalue weighted by atomic mass is 32.2. The van der Waals surface area contributed by atoms with Crippen molar-refractivity contribution in [3.8, 4) is 17.9 Å². The number of nitriles is 1. The summed E-state index contributed by atoms with van der Waals surface area (Å²) in [7, 11) is -3.67. The van der Waals surface area contributed by atoms with E-state index in [1.54, 1.807) is 6.92 Å². The van der Waals surface area contributed by atoms with Gasteiger partial charge in [0, 0.05) is 43.9 Å². The van der Waals surface area contributed by atoms with Crippen molar-refractivity contribution in [1.29, 1.82) is 5.26 Å². The third-order valence-electron chi connectivity index (χ3n) is 2.65. The van der Waals surface area contributed by atoms with Gasteiger partial charge in [0.05, 0.1) is 12.7 Å². The van der Waals surface area contributed by atoms with Crippen molar-refractivity contribution in [2.24, 2.45) is 0 Å². The highest BCUT2D eigenvalue weighted by Gasteiger charge is 2.23. The lowest BCUT2D eigenvalue weighted by Crippen LogP contribution is -2.31. The highest BCUT2D eigenvalue weighted by Crippen LogP contribution is 2.15. The summed E-state index contributed by atoms with van der Waals surface area (Å²) in [6.45, 7) is 2.10. The van der Waals surface area contributed by atoms with Crippen LogP contribution < -0.4 is 0 Å². The quantitative estimate of drug-likeness (QED) is 0.782. The van der Waals surface area contributed by atoms with Crippen LogP contribution in [0.25, 0.3) is 0 Å². The van der Waals surface area contributed by atoms with Crippen LogP contribution in [0.5, 0.6) is 0 Å². The Morgan fingerprint density at radius 2 is 2.14 bits per heavy atom. The number of aromatic nitrogens is 1. The van der Waals surface area contributed by atoms with Gasteiger partial charge in [0.15, 0.2) is 0 Å². The van der Waals surface area contributed by atoms with Gasteiger partial charge in [-0.2, -0.15) is 9.57 Å². The molecule has 0 amide bonds. The summed E-state index contributed by atoms with van der Waals surface area (Å²) in [6, 6.07) is 3.38. The second-order valence-electron chi connectivity index (χ2n) is 4.09. The van der Waals surface area contributed by atoms with Crippen LogP contribution in [0.1, 0.15) is 25.3 Å². The van der Waals surface area contributed by atoms with Gasteiger partial charge in [-0.25, -0.2) is 8.42 Å². The van der Waals surface area contributed by atoms with Crippen molar-refractivity contribution in [3.05, 3.63) is 24.0 Å². The fourth-order valence-corrected chi connectivity index (χ4v) is 3.06. The second kappa shape index (κ2) is 8.38. The first kappa shape index (κ1) is 17.1. The first-order valence-electron chi connectivity index (χ1n) is 6.48. The van der Waals surface area contributed by atoms with Crippen LogP contribution in [0.3, 0.4) is 0 Å². The van der Waals surface area contributed by atoms with Crippen molar-refractivity contribution in [3.63, 3.8) is 0 Å². The van der Waals surface area contributed by atoms with Crippen LogP contribution in [0.2, 0.25) is 0 Å². The zero-order valence-corrected chi connectivity index (χ0v) is 12.6. The van der Waals surface area contributed by atoms with Crippen molar-refractivity contribution < 1.29 is 13.5 Å². The largest absolute Gasteiger partial charge is 0.395 e. The normalized spacial score (nSPS) is 10.8. The van der Waals surface area contributed by atoms with E-state index in [0.717, 1.165) is 0 Å². The van der Waals surface area contributed by atoms with Crippen molar-refractivity contribution in [2.45, 2.75) is 24.7 Å². The Balaban J connectivity index is 3.06. The number of sulfonamides is 1. The van der Waals surface area contributed by atoms with E-state index in [9.17, 15) is 8.42 Å². The Bertz CT molecular complexity index is 669. The number of aliphatic hydroxyl groups excluding tert-OH is 1. The molecule has 21 heavy (non-hydrogen) atoms. The summed E-state index contributed by atoms with van der Waals surface area (Å²) in [5.41, 5.74) is 0.473. The highest BCUT2D eigenvalue weighted by molar-refractivity contribution is 7.89. The van der Waals surface area contributed by atoms with Crippen LogP contribution in [0.15, 0.2) is 23.4 Å². The van der Waals surface area contributed by atoms with Crippen LogP contribution >= 0.6 is 0 Å². The Labute approximate surface area is 125 Å². The molecule has 112 valence electrons. The lowest BCUT2D eigenvalue weighted by atomic mass is 10.3. The van der Waals surface area contributed by atoms with Crippen molar-refractivity contribution in [1.82, 2.24) is 9.29 Å². The Kier molecular flexibility index (Phi) is 6.83. The molecule has 1 N–H and O–H groups in total. The first-order chi connectivity index (χ1) is 10.1. The maximum absolute atomic E-state index is 12.4. The summed E-state index contributed by atoms with van der Waals surface area (Å²) in [6.07, 6.45) is 3.19. The molecule has 1 aromatic heterocycles. The molecule has 0 fully saturated rings. The summed E-state index contributed by atoms with van der Waals surface area (Å²) in [4.78, 5) is 3.94. The molecule has 0 aliphatic rings. The first-order valence-corrected chi connectivity index (χ1v) is 7.92. The number of nitrogens with zero attached hydrogens (tertiary/aromatic N) is 3. The van der Waals surface area contributed by atoms with Crippen molar-refractivity contribution in [2.75, 3.05) is 19.7 Å². The smallest absolute Gasteiger partial charge is 0.244 e. The van der Waals surface area contributed by atoms with E-state index in [0.29, 0.717) is 12.0 Å². The van der Waals surface area contributed by atoms with E-state index in [2.05, 4.69) is 16.8 Å². The van der Waals surface area contributed by atoms with Gasteiger partial charge in [0.1, 0.15) is 4.90 Å². The van der Waals surface area contributed by atoms with Gasteiger partial charge in [-0.05, 0) is 6.07 Å². The molecule has 0 radical (unpaired) electrons. The summed E-state index contributed by atoms with van der Waals surface area (Å²) in [5.74, 6) is 5.47. The molecule has 0 spiro atoms. The third kappa shape index (κ3) is 4.83. The Morgan fingerprint density at radius 3 is 2.76 bits per heavy atom. The third-order valence-corrected chi connectivity index (χ3v) is 4.59. The van der Waals surface area contributed by atoms with Crippen molar-refractivity contribution >= 4 is 10.0 Å². The zero-order chi connectivity index (χ0) is 15.7. The van der Waals surface area contributed by atoms with E-state index >= 15 is 0 Å². The number of aliphatic hydroxyl groups is 1. The maximum Gasteiger partial charge on any atom is 0.244 e. The molecule has 1 heterocycles. The van der Waals surface area contributed by atoms with Crippen LogP contribution in [-0.2, 0) is 10.0 Å². The molecule has 0 unspecified atom stereocenters. The van der Waals surface area contributed by atoms with Gasteiger partial charge >= 0.3 is 0 Å². The molecule has 0 aliphatic heterocycles. The molecule has 0 saturated carbocycles. The van der Waals surface area contributed by atoms with E-state index in [1.165, 1.54) is 22.8 Å². The topological polar surface area (TPSA) is 94.3 Å². The molecule has 0 saturated heterocycles. The van der Waals surface area contributed by atoms with E-state index in [-0.39, 0.29) is 31.0 Å². The summed E-state index contributed by atoms with van der Waals surface area (Å²) < 4.78 is 26.1. The van der Waals surface area contributed by atoms with Gasteiger partial charge in [0.2, 0.25) is 10.0 Å². The molecule has 7 heteroatoms. The van der Waals surface area contributed by atoms with Crippen LogP contribution in [0, 0.1) is 23.2 Å². The number of pyridine rings is 1. The zero-order valence-electron chi connectivity index (χ0n) is 11.8. The lowest BCUT2D eigenvalue weighted by molar-refractivity contribution is 0.305. The minimum atomic E-state index is -3.67. The Morgan fingerprint density at radius 1 is 1.38 bits per heavy atom. The predicted octanol–water partition coefficient (Wildman–Crippen LogP) is 0.740. The number of hydrogen-bond acceptors (Lipinski definition) is 5. The minimum absolute atomic E-state index is 0.0454. The fourth-order valence-electron chi connectivity index (χ4n) is 1.62. The number of hydrogen-bond donors (Lipinski definition) is 1. The summed E-state index contributed by atoms with van der Waals surface area (Å²) in [5, 5.41) is 17.3. The van der Waals surface area contributed by atoms with Gasteiger partial charge in [-0.1, -0.05) is 18.8 Å². The monoisotopic (exact) mass is 307 g/mol. The van der Waals surface area contributed by atoms with E-state index in [1.807, 2.05) is 6.07 Å². The molecule has 6 nitrogen and oxygen atoms in total. The SMILES string of the molecule is CCN(CCC#N)S(=O)(=O)c1cncc(C#CCCO)c1. The molecule has 1 rings (SSSR count). The van der Waals surface area contributed by atoms with Gasteiger partial charge < -0.3 is 5.11 Å². The molecular formula is C14H17N3O3S. The van der Waals surface area contributed by atoms with Gasteiger partial charge in [0.25, 0.3) is 0 Å². The Hall–Kier alpha value is -1.93. The second-order valence-corrected chi connectivity index (χ2v) is 6.03. The summed E-state index contributed by atoms with van der Waals surface area (Å²) >= 11 is 0. The van der Waals surface area contributed by atoms with Gasteiger partial charge in [-0.15, -0.1) is 0 Å². The molecule has 0 atom stereocenters. The molecule has 0 bridgehead atoms.